The molecule has 0 amide bonds. The van der Waals surface area contributed by atoms with E-state index in [0.29, 0.717) is 5.56 Å². The van der Waals surface area contributed by atoms with Gasteiger partial charge in [-0.15, -0.1) is 0 Å². The summed E-state index contributed by atoms with van der Waals surface area (Å²) in [5.74, 6) is 0. The van der Waals surface area contributed by atoms with Crippen molar-refractivity contribution in [3.8, 4) is 0 Å². The summed E-state index contributed by atoms with van der Waals surface area (Å²) in [6.07, 6.45) is -1.03. The fourth-order valence-electron chi connectivity index (χ4n) is 2.09. The van der Waals surface area contributed by atoms with E-state index in [1.807, 2.05) is 13.8 Å². The summed E-state index contributed by atoms with van der Waals surface area (Å²) in [6, 6.07) is 9.67. The van der Waals surface area contributed by atoms with Crippen LogP contribution >= 0.6 is 0 Å². The van der Waals surface area contributed by atoms with E-state index in [9.17, 15) is 15.2 Å². The number of rotatable bonds is 3. The molecule has 1 heterocycles. The van der Waals surface area contributed by atoms with Gasteiger partial charge in [-0.25, -0.2) is 0 Å². The molecule has 0 aliphatic carbocycles. The lowest BCUT2D eigenvalue weighted by Crippen LogP contribution is -2.05. The van der Waals surface area contributed by atoms with Crippen molar-refractivity contribution in [2.45, 2.75) is 20.0 Å². The first-order valence-corrected chi connectivity index (χ1v) is 5.85. The largest absolute Gasteiger partial charge is 0.383 e. The third-order valence-corrected chi connectivity index (χ3v) is 2.85. The first kappa shape index (κ1) is 13.2. The Morgan fingerprint density at radius 2 is 1.79 bits per heavy atom. The van der Waals surface area contributed by atoms with Gasteiger partial charge in [-0.3, -0.25) is 15.1 Å². The van der Waals surface area contributed by atoms with Gasteiger partial charge in [-0.2, -0.15) is 0 Å². The van der Waals surface area contributed by atoms with Crippen molar-refractivity contribution in [3.05, 3.63) is 69.0 Å². The molecule has 0 spiro atoms. The number of aliphatic hydroxyl groups excluding tert-OH is 1. The lowest BCUT2D eigenvalue weighted by atomic mass is 9.99. The summed E-state index contributed by atoms with van der Waals surface area (Å²) < 4.78 is 0. The fraction of sp³-hybridized carbons (Fsp3) is 0.214. The van der Waals surface area contributed by atoms with Crippen molar-refractivity contribution in [2.24, 2.45) is 0 Å². The smallest absolute Gasteiger partial charge is 0.275 e. The number of nitrogens with zero attached hydrogens (tertiary/aromatic N) is 2. The maximum absolute atomic E-state index is 11.0. The molecule has 1 N–H and O–H groups in total. The van der Waals surface area contributed by atoms with Crippen LogP contribution in [0.3, 0.4) is 0 Å². The van der Waals surface area contributed by atoms with E-state index < -0.39 is 11.0 Å². The molecule has 5 nitrogen and oxygen atoms in total. The van der Waals surface area contributed by atoms with Crippen molar-refractivity contribution in [1.82, 2.24) is 4.98 Å². The van der Waals surface area contributed by atoms with Gasteiger partial charge >= 0.3 is 0 Å². The molecule has 0 bridgehead atoms. The molecule has 5 heteroatoms. The molecule has 0 aliphatic heterocycles. The monoisotopic (exact) mass is 258 g/mol. The molecule has 0 saturated heterocycles. The molecule has 1 unspecified atom stereocenters. The van der Waals surface area contributed by atoms with Crippen LogP contribution in [0.4, 0.5) is 5.69 Å². The lowest BCUT2D eigenvalue weighted by molar-refractivity contribution is -0.386. The maximum Gasteiger partial charge on any atom is 0.275 e. The van der Waals surface area contributed by atoms with Crippen LogP contribution in [0.1, 0.15) is 28.6 Å². The van der Waals surface area contributed by atoms with Gasteiger partial charge in [0.2, 0.25) is 0 Å². The van der Waals surface area contributed by atoms with Crippen LogP contribution in [0.15, 0.2) is 36.4 Å². The van der Waals surface area contributed by atoms with Gasteiger partial charge in [0, 0.05) is 17.5 Å². The lowest BCUT2D eigenvalue weighted by Gasteiger charge is -2.13. The number of nitro benzene ring substituents is 1. The van der Waals surface area contributed by atoms with Gasteiger partial charge in [0.15, 0.2) is 0 Å². The first-order chi connectivity index (χ1) is 8.99. The minimum atomic E-state index is -1.03. The quantitative estimate of drug-likeness (QED) is 0.678. The second-order valence-electron chi connectivity index (χ2n) is 4.40. The molecule has 19 heavy (non-hydrogen) atoms. The van der Waals surface area contributed by atoms with E-state index >= 15 is 0 Å². The van der Waals surface area contributed by atoms with Gasteiger partial charge in [0.25, 0.3) is 5.69 Å². The van der Waals surface area contributed by atoms with E-state index in [0.717, 1.165) is 11.4 Å². The predicted octanol–water partition coefficient (Wildman–Crippen LogP) is 2.69. The predicted molar refractivity (Wildman–Crippen MR) is 70.9 cm³/mol. The molecule has 1 aromatic carbocycles. The number of hydrogen-bond donors (Lipinski definition) is 1. The number of pyridine rings is 1. The highest BCUT2D eigenvalue weighted by Crippen LogP contribution is 2.29. The highest BCUT2D eigenvalue weighted by atomic mass is 16.6. The third kappa shape index (κ3) is 2.77. The minimum absolute atomic E-state index is 0.0814. The highest BCUT2D eigenvalue weighted by Gasteiger charge is 2.21. The summed E-state index contributed by atoms with van der Waals surface area (Å²) in [5, 5.41) is 21.3. The zero-order chi connectivity index (χ0) is 14.0. The minimum Gasteiger partial charge on any atom is -0.383 e. The number of aryl methyl sites for hydroxylation is 2. The Balaban J connectivity index is 2.49. The van der Waals surface area contributed by atoms with Gasteiger partial charge in [0.05, 0.1) is 10.5 Å². The standard InChI is InChI=1S/C14H14N2O3/c1-9-7-11(8-10(2)15-9)14(17)12-5-3-4-6-13(12)16(18)19/h3-8,14,17H,1-2H3. The Kier molecular flexibility index (Phi) is 3.57. The van der Waals surface area contributed by atoms with Crippen molar-refractivity contribution in [3.63, 3.8) is 0 Å². The second kappa shape index (κ2) is 5.16. The molecule has 2 rings (SSSR count). The third-order valence-electron chi connectivity index (χ3n) is 2.85. The number of benzene rings is 1. The van der Waals surface area contributed by atoms with Crippen LogP contribution in [0.2, 0.25) is 0 Å². The summed E-state index contributed by atoms with van der Waals surface area (Å²) >= 11 is 0. The number of para-hydroxylation sites is 1. The Labute approximate surface area is 110 Å². The normalized spacial score (nSPS) is 12.2. The molecule has 0 aliphatic rings. The summed E-state index contributed by atoms with van der Waals surface area (Å²) in [6.45, 7) is 3.64. The number of nitro groups is 1. The van der Waals surface area contributed by atoms with Crippen LogP contribution in [-0.2, 0) is 0 Å². The maximum atomic E-state index is 11.0. The van der Waals surface area contributed by atoms with E-state index in [2.05, 4.69) is 4.98 Å². The zero-order valence-electron chi connectivity index (χ0n) is 10.7. The first-order valence-electron chi connectivity index (χ1n) is 5.85. The molecule has 0 fully saturated rings. The van der Waals surface area contributed by atoms with Gasteiger partial charge in [-0.05, 0) is 37.6 Å². The number of aromatic nitrogens is 1. The second-order valence-corrected chi connectivity index (χ2v) is 4.40. The average Bonchev–Trinajstić information content (AvgIpc) is 2.36. The molecule has 1 atom stereocenters. The number of hydrogen-bond acceptors (Lipinski definition) is 4. The van der Waals surface area contributed by atoms with Crippen molar-refractivity contribution >= 4 is 5.69 Å². The summed E-state index contributed by atoms with van der Waals surface area (Å²) in [7, 11) is 0. The zero-order valence-corrected chi connectivity index (χ0v) is 10.7. The Bertz CT molecular complexity index is 606. The van der Waals surface area contributed by atoms with Crippen LogP contribution in [-0.4, -0.2) is 15.0 Å². The van der Waals surface area contributed by atoms with Crippen LogP contribution in [0.25, 0.3) is 0 Å². The van der Waals surface area contributed by atoms with E-state index in [-0.39, 0.29) is 11.3 Å². The fourth-order valence-corrected chi connectivity index (χ4v) is 2.09. The molecule has 0 saturated carbocycles. The highest BCUT2D eigenvalue weighted by molar-refractivity contribution is 5.45. The molecular weight excluding hydrogens is 244 g/mol. The SMILES string of the molecule is Cc1cc(C(O)c2ccccc2[N+](=O)[O-])cc(C)n1. The van der Waals surface area contributed by atoms with Gasteiger partial charge < -0.3 is 5.11 Å². The van der Waals surface area contributed by atoms with Crippen molar-refractivity contribution < 1.29 is 10.0 Å². The van der Waals surface area contributed by atoms with Crippen LogP contribution in [0.5, 0.6) is 0 Å². The van der Waals surface area contributed by atoms with Crippen LogP contribution in [0, 0.1) is 24.0 Å². The Morgan fingerprint density at radius 1 is 1.21 bits per heavy atom. The molecule has 1 aromatic heterocycles. The Hall–Kier alpha value is -2.27. The molecular formula is C14H14N2O3. The van der Waals surface area contributed by atoms with Crippen molar-refractivity contribution in [1.29, 1.82) is 0 Å². The molecule has 98 valence electrons. The van der Waals surface area contributed by atoms with Gasteiger partial charge in [-0.1, -0.05) is 12.1 Å². The Morgan fingerprint density at radius 3 is 2.37 bits per heavy atom. The van der Waals surface area contributed by atoms with Crippen LogP contribution < -0.4 is 0 Å². The molecule has 0 radical (unpaired) electrons. The van der Waals surface area contributed by atoms with E-state index in [4.69, 9.17) is 0 Å². The average molecular weight is 258 g/mol. The topological polar surface area (TPSA) is 76.3 Å². The van der Waals surface area contributed by atoms with Crippen molar-refractivity contribution in [2.75, 3.05) is 0 Å². The van der Waals surface area contributed by atoms with E-state index in [1.54, 1.807) is 30.3 Å². The summed E-state index contributed by atoms with van der Waals surface area (Å²) in [5.41, 5.74) is 2.36. The number of aliphatic hydroxyl groups is 1. The van der Waals surface area contributed by atoms with Gasteiger partial charge in [0.1, 0.15) is 6.10 Å². The summed E-state index contributed by atoms with van der Waals surface area (Å²) in [4.78, 5) is 14.7. The molecule has 2 aromatic rings. The van der Waals surface area contributed by atoms with E-state index in [1.165, 1.54) is 6.07 Å².